The summed E-state index contributed by atoms with van der Waals surface area (Å²) in [6.07, 6.45) is 2.96. The van der Waals surface area contributed by atoms with E-state index in [9.17, 15) is 0 Å². The predicted molar refractivity (Wildman–Crippen MR) is 43.9 cm³/mol. The summed E-state index contributed by atoms with van der Waals surface area (Å²) in [7, 11) is 0. The molecule has 0 amide bonds. The summed E-state index contributed by atoms with van der Waals surface area (Å²) in [5.41, 5.74) is 0. The van der Waals surface area contributed by atoms with Gasteiger partial charge in [0.25, 0.3) is 0 Å². The van der Waals surface area contributed by atoms with Crippen LogP contribution in [-0.2, 0) is 0 Å². The van der Waals surface area contributed by atoms with Gasteiger partial charge in [-0.15, -0.1) is 5.10 Å². The number of nitrogens with zero attached hydrogens (tertiary/aromatic N) is 2. The van der Waals surface area contributed by atoms with Crippen LogP contribution in [0.3, 0.4) is 0 Å². The Morgan fingerprint density at radius 2 is 2.58 bits per heavy atom. The zero-order chi connectivity index (χ0) is 8.23. The molecule has 4 heteroatoms. The van der Waals surface area contributed by atoms with Gasteiger partial charge in [-0.2, -0.15) is 5.10 Å². The second kappa shape index (κ2) is 3.49. The van der Waals surface area contributed by atoms with E-state index in [0.717, 1.165) is 19.5 Å². The number of nitrogens with one attached hydrogen (secondary N) is 1. The maximum Gasteiger partial charge on any atom is 0.233 e. The Kier molecular flexibility index (Phi) is 2.18. The summed E-state index contributed by atoms with van der Waals surface area (Å²) in [5.74, 6) is 0.617. The molecule has 12 heavy (non-hydrogen) atoms. The van der Waals surface area contributed by atoms with Gasteiger partial charge in [-0.25, -0.2) is 0 Å². The van der Waals surface area contributed by atoms with Gasteiger partial charge in [0, 0.05) is 18.8 Å². The molecule has 1 unspecified atom stereocenters. The van der Waals surface area contributed by atoms with E-state index in [1.807, 2.05) is 12.1 Å². The van der Waals surface area contributed by atoms with Crippen molar-refractivity contribution in [1.82, 2.24) is 15.5 Å². The van der Waals surface area contributed by atoms with E-state index in [-0.39, 0.29) is 6.10 Å². The van der Waals surface area contributed by atoms with Gasteiger partial charge in [0.15, 0.2) is 0 Å². The quantitative estimate of drug-likeness (QED) is 0.681. The van der Waals surface area contributed by atoms with Gasteiger partial charge < -0.3 is 10.1 Å². The summed E-state index contributed by atoms with van der Waals surface area (Å²) in [6.45, 7) is 1.95. The van der Waals surface area contributed by atoms with E-state index in [4.69, 9.17) is 4.74 Å². The molecule has 4 nitrogen and oxygen atoms in total. The molecule has 0 radical (unpaired) electrons. The van der Waals surface area contributed by atoms with Crippen LogP contribution in [0.4, 0.5) is 0 Å². The minimum absolute atomic E-state index is 0.265. The Morgan fingerprint density at radius 1 is 1.58 bits per heavy atom. The first-order chi connectivity index (χ1) is 5.95. The van der Waals surface area contributed by atoms with Crippen LogP contribution in [0.5, 0.6) is 5.88 Å². The molecule has 2 rings (SSSR count). The van der Waals surface area contributed by atoms with Gasteiger partial charge >= 0.3 is 0 Å². The van der Waals surface area contributed by atoms with E-state index in [2.05, 4.69) is 15.5 Å². The van der Waals surface area contributed by atoms with E-state index >= 15 is 0 Å². The van der Waals surface area contributed by atoms with Crippen LogP contribution >= 0.6 is 0 Å². The normalized spacial score (nSPS) is 22.5. The monoisotopic (exact) mass is 165 g/mol. The fraction of sp³-hybridized carbons (Fsp3) is 0.500. The third-order valence-corrected chi connectivity index (χ3v) is 1.85. The third-order valence-electron chi connectivity index (χ3n) is 1.85. The van der Waals surface area contributed by atoms with Crippen molar-refractivity contribution in [1.29, 1.82) is 0 Å². The molecule has 1 N–H and O–H groups in total. The zero-order valence-corrected chi connectivity index (χ0v) is 6.73. The highest BCUT2D eigenvalue weighted by Gasteiger charge is 2.15. The average molecular weight is 165 g/mol. The van der Waals surface area contributed by atoms with Gasteiger partial charge in [-0.1, -0.05) is 0 Å². The Hall–Kier alpha value is -1.16. The van der Waals surface area contributed by atoms with Crippen molar-refractivity contribution in [2.24, 2.45) is 0 Å². The number of aromatic nitrogens is 2. The molecule has 0 saturated carbocycles. The van der Waals surface area contributed by atoms with Crippen LogP contribution < -0.4 is 10.1 Å². The fourth-order valence-corrected chi connectivity index (χ4v) is 1.25. The van der Waals surface area contributed by atoms with Gasteiger partial charge in [-0.3, -0.25) is 0 Å². The fourth-order valence-electron chi connectivity index (χ4n) is 1.25. The lowest BCUT2D eigenvalue weighted by Crippen LogP contribution is -2.20. The minimum Gasteiger partial charge on any atom is -0.472 e. The first kappa shape index (κ1) is 7.49. The topological polar surface area (TPSA) is 47.0 Å². The van der Waals surface area contributed by atoms with E-state index < -0.39 is 0 Å². The van der Waals surface area contributed by atoms with Crippen LogP contribution in [-0.4, -0.2) is 29.4 Å². The van der Waals surface area contributed by atoms with Crippen molar-refractivity contribution in [3.63, 3.8) is 0 Å². The van der Waals surface area contributed by atoms with Crippen LogP contribution in [0.1, 0.15) is 6.42 Å². The second-order valence-electron chi connectivity index (χ2n) is 2.79. The molecule has 1 aliphatic heterocycles. The van der Waals surface area contributed by atoms with Crippen molar-refractivity contribution >= 4 is 0 Å². The largest absolute Gasteiger partial charge is 0.472 e. The molecule has 0 aromatic carbocycles. The van der Waals surface area contributed by atoms with Crippen molar-refractivity contribution < 1.29 is 4.74 Å². The molecule has 1 aromatic heterocycles. The first-order valence-corrected chi connectivity index (χ1v) is 4.10. The summed E-state index contributed by atoms with van der Waals surface area (Å²) >= 11 is 0. The summed E-state index contributed by atoms with van der Waals surface area (Å²) in [4.78, 5) is 0. The van der Waals surface area contributed by atoms with Gasteiger partial charge in [0.1, 0.15) is 6.10 Å². The van der Waals surface area contributed by atoms with Crippen LogP contribution in [0.15, 0.2) is 18.3 Å². The number of rotatable bonds is 2. The predicted octanol–water partition coefficient (Wildman–Crippen LogP) is 0.217. The first-order valence-electron chi connectivity index (χ1n) is 4.10. The van der Waals surface area contributed by atoms with Crippen LogP contribution in [0, 0.1) is 0 Å². The molecule has 2 heterocycles. The smallest absolute Gasteiger partial charge is 0.233 e. The van der Waals surface area contributed by atoms with Crippen LogP contribution in [0.25, 0.3) is 0 Å². The van der Waals surface area contributed by atoms with Crippen LogP contribution in [0.2, 0.25) is 0 Å². The molecule has 1 fully saturated rings. The minimum atomic E-state index is 0.265. The van der Waals surface area contributed by atoms with Crippen molar-refractivity contribution in [3.8, 4) is 5.88 Å². The standard InChI is InChI=1S/C8H11N3O/c1-2-8(11-10-4-1)12-7-3-5-9-6-7/h1-2,4,7,9H,3,5-6H2. The Bertz CT molecular complexity index is 233. The molecule has 1 aromatic rings. The molecule has 0 spiro atoms. The second-order valence-corrected chi connectivity index (χ2v) is 2.79. The van der Waals surface area contributed by atoms with E-state index in [0.29, 0.717) is 5.88 Å². The van der Waals surface area contributed by atoms with Gasteiger partial charge in [0.2, 0.25) is 5.88 Å². The third kappa shape index (κ3) is 1.71. The molecule has 0 bridgehead atoms. The van der Waals surface area contributed by atoms with Gasteiger partial charge in [0.05, 0.1) is 0 Å². The van der Waals surface area contributed by atoms with E-state index in [1.54, 1.807) is 6.20 Å². The SMILES string of the molecule is c1cnnc(OC2CCNC2)c1. The molecule has 1 aliphatic rings. The highest BCUT2D eigenvalue weighted by molar-refractivity contribution is 5.06. The number of hydrogen-bond acceptors (Lipinski definition) is 4. The number of hydrogen-bond donors (Lipinski definition) is 1. The molecule has 1 atom stereocenters. The summed E-state index contributed by atoms with van der Waals surface area (Å²) in [5, 5.41) is 10.8. The Balaban J connectivity index is 1.94. The molecule has 64 valence electrons. The molecule has 1 saturated heterocycles. The Morgan fingerprint density at radius 3 is 3.25 bits per heavy atom. The zero-order valence-electron chi connectivity index (χ0n) is 6.73. The van der Waals surface area contributed by atoms with E-state index in [1.165, 1.54) is 0 Å². The summed E-state index contributed by atoms with van der Waals surface area (Å²) in [6, 6.07) is 3.65. The summed E-state index contributed by atoms with van der Waals surface area (Å²) < 4.78 is 5.54. The highest BCUT2D eigenvalue weighted by atomic mass is 16.5. The molecular weight excluding hydrogens is 154 g/mol. The maximum absolute atomic E-state index is 5.54. The lowest BCUT2D eigenvalue weighted by molar-refractivity contribution is 0.211. The van der Waals surface area contributed by atoms with Gasteiger partial charge in [-0.05, 0) is 19.0 Å². The molecule has 0 aliphatic carbocycles. The Labute approximate surface area is 71.0 Å². The average Bonchev–Trinajstić information content (AvgIpc) is 2.59. The maximum atomic E-state index is 5.54. The van der Waals surface area contributed by atoms with Crippen molar-refractivity contribution in [3.05, 3.63) is 18.3 Å². The lowest BCUT2D eigenvalue weighted by atomic mass is 10.3. The van der Waals surface area contributed by atoms with Crippen molar-refractivity contribution in [2.75, 3.05) is 13.1 Å². The van der Waals surface area contributed by atoms with Crippen molar-refractivity contribution in [2.45, 2.75) is 12.5 Å². The lowest BCUT2D eigenvalue weighted by Gasteiger charge is -2.09. The highest BCUT2D eigenvalue weighted by Crippen LogP contribution is 2.09. The molecular formula is C8H11N3O. The number of ether oxygens (including phenoxy) is 1.